The van der Waals surface area contributed by atoms with Gasteiger partial charge in [-0.1, -0.05) is 30.3 Å². The minimum absolute atomic E-state index is 0.337. The zero-order valence-electron chi connectivity index (χ0n) is 9.15. The molecule has 2 heteroatoms. The standard InChI is InChI=1S/C13H18O2/c1-13(8-5-9-15-13)12(14)10-11-6-3-2-4-7-11/h2-4,6-7,12,14H,5,8-10H2,1H3. The quantitative estimate of drug-likeness (QED) is 0.821. The second kappa shape index (κ2) is 4.33. The Morgan fingerprint density at radius 1 is 1.40 bits per heavy atom. The average molecular weight is 206 g/mol. The van der Waals surface area contributed by atoms with Crippen molar-refractivity contribution in [3.63, 3.8) is 0 Å². The molecule has 1 aliphatic heterocycles. The fourth-order valence-corrected chi connectivity index (χ4v) is 2.12. The van der Waals surface area contributed by atoms with Gasteiger partial charge in [-0.15, -0.1) is 0 Å². The first kappa shape index (κ1) is 10.7. The monoisotopic (exact) mass is 206 g/mol. The molecule has 0 aliphatic carbocycles. The molecule has 2 atom stereocenters. The Hall–Kier alpha value is -0.860. The van der Waals surface area contributed by atoms with E-state index in [0.29, 0.717) is 6.42 Å². The first-order valence-corrected chi connectivity index (χ1v) is 5.57. The van der Waals surface area contributed by atoms with Crippen LogP contribution in [0, 0.1) is 0 Å². The predicted octanol–water partition coefficient (Wildman–Crippen LogP) is 2.16. The maximum absolute atomic E-state index is 10.1. The van der Waals surface area contributed by atoms with Crippen LogP contribution < -0.4 is 0 Å². The highest BCUT2D eigenvalue weighted by molar-refractivity contribution is 5.16. The lowest BCUT2D eigenvalue weighted by Crippen LogP contribution is -2.39. The molecule has 0 aromatic heterocycles. The van der Waals surface area contributed by atoms with Crippen LogP contribution in [0.2, 0.25) is 0 Å². The van der Waals surface area contributed by atoms with Crippen molar-refractivity contribution >= 4 is 0 Å². The normalized spacial score (nSPS) is 27.9. The minimum Gasteiger partial charge on any atom is -0.390 e. The molecule has 1 fully saturated rings. The Kier molecular flexibility index (Phi) is 3.08. The lowest BCUT2D eigenvalue weighted by Gasteiger charge is -2.29. The van der Waals surface area contributed by atoms with E-state index >= 15 is 0 Å². The lowest BCUT2D eigenvalue weighted by atomic mass is 9.91. The van der Waals surface area contributed by atoms with E-state index in [9.17, 15) is 5.11 Å². The molecule has 0 amide bonds. The number of aliphatic hydroxyl groups is 1. The van der Waals surface area contributed by atoms with Gasteiger partial charge < -0.3 is 9.84 Å². The molecule has 1 heterocycles. The Balaban J connectivity index is 2.00. The molecule has 1 aromatic rings. The van der Waals surface area contributed by atoms with Crippen molar-refractivity contribution in [3.8, 4) is 0 Å². The number of aliphatic hydroxyl groups excluding tert-OH is 1. The van der Waals surface area contributed by atoms with E-state index in [0.717, 1.165) is 19.4 Å². The van der Waals surface area contributed by atoms with Gasteiger partial charge in [-0.05, 0) is 25.3 Å². The SMILES string of the molecule is CC1(C(O)Cc2ccccc2)CCCO1. The summed E-state index contributed by atoms with van der Waals surface area (Å²) in [5.41, 5.74) is 0.831. The average Bonchev–Trinajstić information content (AvgIpc) is 2.68. The number of hydrogen-bond donors (Lipinski definition) is 1. The molecule has 2 rings (SSSR count). The fraction of sp³-hybridized carbons (Fsp3) is 0.538. The summed E-state index contributed by atoms with van der Waals surface area (Å²) < 4.78 is 5.62. The second-order valence-electron chi connectivity index (χ2n) is 4.47. The fourth-order valence-electron chi connectivity index (χ4n) is 2.12. The highest BCUT2D eigenvalue weighted by Gasteiger charge is 2.37. The summed E-state index contributed by atoms with van der Waals surface area (Å²) in [6.07, 6.45) is 2.29. The molecule has 15 heavy (non-hydrogen) atoms. The van der Waals surface area contributed by atoms with Gasteiger partial charge in [-0.3, -0.25) is 0 Å². The van der Waals surface area contributed by atoms with Gasteiger partial charge in [0.05, 0.1) is 11.7 Å². The molecule has 2 unspecified atom stereocenters. The molecular formula is C13H18O2. The molecule has 0 bridgehead atoms. The topological polar surface area (TPSA) is 29.5 Å². The van der Waals surface area contributed by atoms with Crippen molar-refractivity contribution in [2.75, 3.05) is 6.61 Å². The number of hydrogen-bond acceptors (Lipinski definition) is 2. The summed E-state index contributed by atoms with van der Waals surface area (Å²) >= 11 is 0. The molecule has 1 N–H and O–H groups in total. The van der Waals surface area contributed by atoms with Gasteiger partial charge in [0.2, 0.25) is 0 Å². The third-order valence-corrected chi connectivity index (χ3v) is 3.23. The molecule has 2 nitrogen and oxygen atoms in total. The van der Waals surface area contributed by atoms with Gasteiger partial charge in [0.1, 0.15) is 0 Å². The highest BCUT2D eigenvalue weighted by Crippen LogP contribution is 2.30. The van der Waals surface area contributed by atoms with Gasteiger partial charge in [-0.25, -0.2) is 0 Å². The molecule has 0 spiro atoms. The summed E-state index contributed by atoms with van der Waals surface area (Å²) in [6.45, 7) is 2.79. The highest BCUT2D eigenvalue weighted by atomic mass is 16.5. The van der Waals surface area contributed by atoms with Crippen molar-refractivity contribution in [1.29, 1.82) is 0 Å². The first-order chi connectivity index (χ1) is 7.21. The smallest absolute Gasteiger partial charge is 0.0916 e. The summed E-state index contributed by atoms with van der Waals surface area (Å²) in [7, 11) is 0. The Labute approximate surface area is 90.9 Å². The zero-order valence-corrected chi connectivity index (χ0v) is 9.15. The van der Waals surface area contributed by atoms with Gasteiger partial charge in [0.25, 0.3) is 0 Å². The van der Waals surface area contributed by atoms with Crippen LogP contribution in [0.15, 0.2) is 30.3 Å². The van der Waals surface area contributed by atoms with E-state index in [4.69, 9.17) is 4.74 Å². The zero-order chi connectivity index (χ0) is 10.7. The molecular weight excluding hydrogens is 188 g/mol. The van der Waals surface area contributed by atoms with Crippen LogP contribution in [0.3, 0.4) is 0 Å². The van der Waals surface area contributed by atoms with Gasteiger partial charge in [-0.2, -0.15) is 0 Å². The molecule has 0 saturated carbocycles. The molecule has 1 saturated heterocycles. The van der Waals surface area contributed by atoms with Crippen molar-refractivity contribution in [3.05, 3.63) is 35.9 Å². The summed E-state index contributed by atoms with van der Waals surface area (Å²) in [5, 5.41) is 10.1. The Bertz CT molecular complexity index is 302. The second-order valence-corrected chi connectivity index (χ2v) is 4.47. The third kappa shape index (κ3) is 2.39. The van der Waals surface area contributed by atoms with Crippen molar-refractivity contribution < 1.29 is 9.84 Å². The summed E-state index contributed by atoms with van der Waals surface area (Å²) in [5.74, 6) is 0. The molecule has 1 aromatic carbocycles. The molecule has 0 radical (unpaired) electrons. The number of benzene rings is 1. The predicted molar refractivity (Wildman–Crippen MR) is 59.7 cm³/mol. The molecule has 1 aliphatic rings. The van der Waals surface area contributed by atoms with Gasteiger partial charge >= 0.3 is 0 Å². The van der Waals surface area contributed by atoms with E-state index in [1.54, 1.807) is 0 Å². The number of rotatable bonds is 3. The van der Waals surface area contributed by atoms with E-state index in [1.165, 1.54) is 5.56 Å². The van der Waals surface area contributed by atoms with Crippen LogP contribution in [0.1, 0.15) is 25.3 Å². The van der Waals surface area contributed by atoms with Crippen LogP contribution >= 0.6 is 0 Å². The van der Waals surface area contributed by atoms with Crippen LogP contribution in [0.4, 0.5) is 0 Å². The number of ether oxygens (including phenoxy) is 1. The van der Waals surface area contributed by atoms with Gasteiger partial charge in [0.15, 0.2) is 0 Å². The largest absolute Gasteiger partial charge is 0.390 e. The van der Waals surface area contributed by atoms with Crippen LogP contribution in [-0.2, 0) is 11.2 Å². The first-order valence-electron chi connectivity index (χ1n) is 5.57. The maximum atomic E-state index is 10.1. The van der Waals surface area contributed by atoms with Crippen molar-refractivity contribution in [2.24, 2.45) is 0 Å². The third-order valence-electron chi connectivity index (χ3n) is 3.23. The van der Waals surface area contributed by atoms with Crippen molar-refractivity contribution in [1.82, 2.24) is 0 Å². The summed E-state index contributed by atoms with van der Waals surface area (Å²) in [6, 6.07) is 10.1. The Morgan fingerprint density at radius 2 is 2.13 bits per heavy atom. The van der Waals surface area contributed by atoms with Crippen LogP contribution in [-0.4, -0.2) is 23.4 Å². The van der Waals surface area contributed by atoms with E-state index in [1.807, 2.05) is 37.3 Å². The minimum atomic E-state index is -0.401. The van der Waals surface area contributed by atoms with E-state index in [-0.39, 0.29) is 5.60 Å². The van der Waals surface area contributed by atoms with Gasteiger partial charge in [0, 0.05) is 13.0 Å². The summed E-state index contributed by atoms with van der Waals surface area (Å²) in [4.78, 5) is 0. The van der Waals surface area contributed by atoms with Crippen molar-refractivity contribution in [2.45, 2.75) is 37.9 Å². The maximum Gasteiger partial charge on any atom is 0.0916 e. The van der Waals surface area contributed by atoms with E-state index < -0.39 is 6.10 Å². The van der Waals surface area contributed by atoms with Crippen LogP contribution in [0.5, 0.6) is 0 Å². The lowest BCUT2D eigenvalue weighted by molar-refractivity contribution is -0.0768. The van der Waals surface area contributed by atoms with Crippen LogP contribution in [0.25, 0.3) is 0 Å². The Morgan fingerprint density at radius 3 is 2.73 bits per heavy atom. The van der Waals surface area contributed by atoms with E-state index in [2.05, 4.69) is 0 Å². The molecule has 82 valence electrons.